The number of carbonyl (C=O) groups is 5. The van der Waals surface area contributed by atoms with Crippen LogP contribution in [0.2, 0.25) is 0 Å². The van der Waals surface area contributed by atoms with Crippen molar-refractivity contribution in [1.29, 1.82) is 5.26 Å². The average molecular weight is 2010 g/mol. The summed E-state index contributed by atoms with van der Waals surface area (Å²) in [5.74, 6) is -2.46. The maximum atomic E-state index is 14.1. The van der Waals surface area contributed by atoms with Crippen molar-refractivity contribution in [3.8, 4) is 6.07 Å². The third kappa shape index (κ3) is 34.1. The van der Waals surface area contributed by atoms with Crippen molar-refractivity contribution in [2.45, 2.75) is 183 Å². The Morgan fingerprint density at radius 2 is 1.28 bits per heavy atom. The van der Waals surface area contributed by atoms with E-state index in [1.165, 1.54) is 70.9 Å². The van der Waals surface area contributed by atoms with Gasteiger partial charge in [-0.15, -0.1) is 9.42 Å². The first-order valence-corrected chi connectivity index (χ1v) is 46.2. The van der Waals surface area contributed by atoms with Crippen molar-refractivity contribution < 1.29 is 157 Å². The van der Waals surface area contributed by atoms with Crippen molar-refractivity contribution >= 4 is 113 Å². The van der Waals surface area contributed by atoms with E-state index in [2.05, 4.69) is 90.9 Å². The average Bonchev–Trinajstić information content (AvgIpc) is 1.62. The summed E-state index contributed by atoms with van der Waals surface area (Å²) in [5, 5.41) is 60.8. The first kappa shape index (κ1) is 110. The number of hydrogen-bond donors (Lipinski definition) is 16. The van der Waals surface area contributed by atoms with Gasteiger partial charge in [-0.25, -0.2) is 67.6 Å². The topological polar surface area (TPSA) is 892 Å². The number of fused-ring (bicyclic) bond motifs is 2. The van der Waals surface area contributed by atoms with Gasteiger partial charge in [-0.1, -0.05) is 72.6 Å². The molecule has 137 heavy (non-hydrogen) atoms. The van der Waals surface area contributed by atoms with Crippen LogP contribution >= 0.6 is 31.7 Å². The highest BCUT2D eigenvalue weighted by molar-refractivity contribution is 7.47. The lowest BCUT2D eigenvalue weighted by atomic mass is 10.1. The SMILES string of the molecule is C=C/C=C\C(=C\COC(=O)NCCC[C@H](C)C(=O)OCC#N)N=[N+]=[N-].CC(C)(C)OC(=O)N[C@@H](CCCCC(=O)OCc1ccccc1N=[N+]=[N-])C(=O)O[C@H]1[C@@H](O)[C@H](n2cnc3c(N)ncnc32)O[C@@H]1COP(=O)(O)O[C@H]1C[C@H](n2ccc(N)nc2=O)O[C@@H]1COP(=O)(O)O.Nc1ccn([C@H]2C[C@H](O[P+](=O)O)[C@@H](COP(=O)(O)O)O2)c(=O)n1.Nc1ncnc2c1ncn2[C@@H]1O[C@H](CO)[C@@H](O)[C@H]1O. The predicted octanol–water partition coefficient (Wildman–Crippen LogP) is 2.86. The number of aliphatic hydroxyl groups is 4. The van der Waals surface area contributed by atoms with E-state index < -0.39 is 197 Å². The molecule has 11 rings (SSSR count). The smallest absolute Gasteiger partial charge is 0.461 e. The summed E-state index contributed by atoms with van der Waals surface area (Å²) in [7, 11) is -18.1. The van der Waals surface area contributed by atoms with Gasteiger partial charge in [-0.3, -0.25) is 46.0 Å². The Labute approximate surface area is 774 Å². The summed E-state index contributed by atoms with van der Waals surface area (Å²) in [5.41, 5.74) is 39.2. The number of imidazole rings is 2. The largest absolute Gasteiger partial charge is 0.695 e. The van der Waals surface area contributed by atoms with Crippen LogP contribution < -0.4 is 44.9 Å². The number of alkyl carbamates (subject to hydrolysis) is 2. The molecule has 1 aromatic carbocycles. The van der Waals surface area contributed by atoms with Gasteiger partial charge in [0.2, 0.25) is 0 Å². The molecule has 744 valence electrons. The molecule has 10 heterocycles. The number of rotatable bonds is 40. The number of nitrogens with one attached hydrogen (secondary N) is 2. The second-order valence-corrected chi connectivity index (χ2v) is 34.8. The van der Waals surface area contributed by atoms with Crippen LogP contribution in [0.25, 0.3) is 43.2 Å². The maximum Gasteiger partial charge on any atom is 0.695 e. The molecule has 2 amide bonds. The number of anilines is 4. The number of esters is 3. The Bertz CT molecular complexity index is 5840. The number of nitrogens with zero attached hydrogens (tertiary/aromatic N) is 19. The quantitative estimate of drug-likeness (QED) is 0.00384. The third-order valence-electron chi connectivity index (χ3n) is 19.3. The molecule has 4 aliphatic heterocycles. The van der Waals surface area contributed by atoms with Gasteiger partial charge >= 0.3 is 73.2 Å². The Kier molecular flexibility index (Phi) is 41.5. The Morgan fingerprint density at radius 3 is 1.82 bits per heavy atom. The molecule has 4 saturated heterocycles. The number of nitriles is 1. The molecule has 0 spiro atoms. The number of azide groups is 2. The van der Waals surface area contributed by atoms with Crippen LogP contribution in [0.1, 0.15) is 110 Å². The number of phosphoric acid groups is 3. The third-order valence-corrected chi connectivity index (χ3v) is 21.7. The highest BCUT2D eigenvalue weighted by Gasteiger charge is 2.52. The van der Waals surface area contributed by atoms with Gasteiger partial charge in [0, 0.05) is 64.0 Å². The van der Waals surface area contributed by atoms with E-state index in [0.29, 0.717) is 41.8 Å². The zero-order valence-corrected chi connectivity index (χ0v) is 76.3. The minimum atomic E-state index is -5.29. The second-order valence-electron chi connectivity index (χ2n) is 30.2. The van der Waals surface area contributed by atoms with E-state index in [0.717, 1.165) is 15.5 Å². The number of ether oxygens (including phenoxy) is 9. The normalized spacial score (nSPS) is 22.3. The summed E-state index contributed by atoms with van der Waals surface area (Å²) in [4.78, 5) is 180. The van der Waals surface area contributed by atoms with E-state index in [4.69, 9.17) is 111 Å². The fourth-order valence-corrected chi connectivity index (χ4v) is 15.0. The summed E-state index contributed by atoms with van der Waals surface area (Å²) < 4.78 is 125. The molecule has 0 saturated carbocycles. The van der Waals surface area contributed by atoms with Crippen LogP contribution in [0.4, 0.5) is 38.5 Å². The molecule has 0 bridgehead atoms. The van der Waals surface area contributed by atoms with E-state index in [9.17, 15) is 81.8 Å². The maximum absolute atomic E-state index is 14.1. The number of hydrogen-bond acceptors (Lipinski definition) is 44. The number of phosphoric ester groups is 3. The van der Waals surface area contributed by atoms with Gasteiger partial charge in [0.25, 0.3) is 0 Å². The molecular formula is C73H98N25O35P4+. The number of nitrogens with two attached hydrogens (primary N) is 4. The minimum absolute atomic E-state index is 0.0110. The number of allylic oxidation sites excluding steroid dienone is 3. The minimum Gasteiger partial charge on any atom is -0.461 e. The number of amides is 2. The van der Waals surface area contributed by atoms with Crippen molar-refractivity contribution in [2.75, 3.05) is 69.1 Å². The standard InChI is InChI=1S/C38H50N12O18P2.C16H21N5O4.C10H13N5O4.C9H13N3O9P2/c1-38(2,3)67-37(55)45-22(10-6-7-11-28(51)61-15-20-8-4-5-9-21(20)47-48-41)35(53)66-31-25(65-34(30(31)52)50-19-44-29-32(40)42-18-43-33(29)50)17-63-70(59,60)68-23-14-27(49-13-12-26(39)46-36(49)54)64-24(23)16-62-69(56,57)58;1-3-4-7-14(20-21-18)8-11-25-16(23)19-10-5-6-13(2)15(22)24-12-9-17;11-8-5-9(13-2-12-8)15(3-14-5)10-7(18)6(17)4(1-16)19-10;10-7-1-2-12(9(13)11-7)8-3-5(21-22(14)15)6(20-8)4-19-23(16,17)18/h4-5,8-9,12-13,18-19,22-25,27,30-31,34,52H,6-7,10-11,14-17H2,1-3H3,(H,45,55)(H,59,60)(H2,39,46,54)(H2,40,42,43)(H2,56,57,58);3-4,7-8,13H,1,5-6,10-12H2,2H3,(H,19,23);2-4,6-7,10,16-18H,1H2,(H2,11,12,13);1-2,5-6,8H,3-4H2,(H4-,10,11,13,14,15,16,17,18)/p+1/b;7-4-,14-8-;;/t22-,23-,24+,25+,27+,30+,31+,34+;13-;4-,6-,7-,10-;5-,6+,8+/m0010/s1. The van der Waals surface area contributed by atoms with Crippen LogP contribution in [0.3, 0.4) is 0 Å². The first-order chi connectivity index (χ1) is 64.8. The molecule has 2 unspecified atom stereocenters. The van der Waals surface area contributed by atoms with Crippen molar-refractivity contribution in [3.63, 3.8) is 0 Å². The molecule has 64 heteroatoms. The Hall–Kier alpha value is -12.4. The number of benzene rings is 1. The molecule has 0 radical (unpaired) electrons. The summed E-state index contributed by atoms with van der Waals surface area (Å²) in [6.07, 6.45) is -5.37. The molecule has 4 aliphatic rings. The van der Waals surface area contributed by atoms with E-state index >= 15 is 0 Å². The number of carbonyl (C=O) groups excluding carboxylic acids is 5. The predicted molar refractivity (Wildman–Crippen MR) is 464 cm³/mol. The molecule has 18 atom stereocenters. The highest BCUT2D eigenvalue weighted by Crippen LogP contribution is 2.51. The Morgan fingerprint density at radius 1 is 0.715 bits per heavy atom. The molecule has 60 nitrogen and oxygen atoms in total. The highest BCUT2D eigenvalue weighted by atomic mass is 31.2. The lowest BCUT2D eigenvalue weighted by Crippen LogP contribution is -2.47. The summed E-state index contributed by atoms with van der Waals surface area (Å²) >= 11 is 0. The Balaban J connectivity index is 0.000000276. The molecule has 20 N–H and O–H groups in total. The second kappa shape index (κ2) is 51.7. The van der Waals surface area contributed by atoms with Crippen molar-refractivity contribution in [1.82, 2.24) is 68.8 Å². The van der Waals surface area contributed by atoms with E-state index in [1.54, 1.807) is 64.1 Å². The molecule has 0 aliphatic carbocycles. The van der Waals surface area contributed by atoms with Gasteiger partial charge in [0.15, 0.2) is 48.1 Å². The number of aromatic nitrogens is 12. The van der Waals surface area contributed by atoms with E-state index in [1.807, 2.05) is 0 Å². The van der Waals surface area contributed by atoms with Crippen LogP contribution in [0, 0.1) is 17.2 Å². The summed E-state index contributed by atoms with van der Waals surface area (Å²) in [6.45, 7) is 6.96. The first-order valence-electron chi connectivity index (χ1n) is 40.5. The summed E-state index contributed by atoms with van der Waals surface area (Å²) in [6, 6.07) is 9.37. The van der Waals surface area contributed by atoms with Gasteiger partial charge < -0.3 is 121 Å². The molecule has 6 aromatic heterocycles. The van der Waals surface area contributed by atoms with Gasteiger partial charge in [0.05, 0.1) is 45.0 Å². The number of aliphatic hydroxyl groups excluding tert-OH is 4. The van der Waals surface area contributed by atoms with Gasteiger partial charge in [-0.05, 0) is 81.3 Å². The van der Waals surface area contributed by atoms with Crippen LogP contribution in [0.15, 0.2) is 130 Å². The van der Waals surface area contributed by atoms with Crippen molar-refractivity contribution in [3.05, 3.63) is 158 Å². The molecule has 4 fully saturated rings. The monoisotopic (exact) mass is 2010 g/mol. The fraction of sp³-hybridized carbons (Fsp3) is 0.507. The number of unbranched alkanes of at least 4 members (excludes halogenated alkanes) is 1. The van der Waals surface area contributed by atoms with Crippen LogP contribution in [0.5, 0.6) is 0 Å². The fourth-order valence-electron chi connectivity index (χ4n) is 13.0. The van der Waals surface area contributed by atoms with E-state index in [-0.39, 0.29) is 104 Å². The lowest BCUT2D eigenvalue weighted by Gasteiger charge is -2.26. The van der Waals surface area contributed by atoms with Crippen LogP contribution in [-0.4, -0.2) is 257 Å². The zero-order chi connectivity index (χ0) is 101. The van der Waals surface area contributed by atoms with Gasteiger partial charge in [0.1, 0.15) is 134 Å². The molecule has 7 aromatic rings. The zero-order valence-electron chi connectivity index (χ0n) is 72.8. The van der Waals surface area contributed by atoms with Crippen LogP contribution in [-0.2, 0) is 105 Å². The van der Waals surface area contributed by atoms with Crippen molar-refractivity contribution in [2.24, 2.45) is 16.1 Å². The molecular weight excluding hydrogens is 1910 g/mol. The lowest BCUT2D eigenvalue weighted by molar-refractivity contribution is -0.159. The van der Waals surface area contributed by atoms with Gasteiger partial charge in [-0.2, -0.15) is 15.2 Å². The number of nitrogen functional groups attached to an aromatic ring is 4.